The minimum Gasteiger partial charge on any atom is -0.367 e. The second-order valence-electron chi connectivity index (χ2n) is 5.55. The second kappa shape index (κ2) is 5.81. The molecule has 0 radical (unpaired) electrons. The van der Waals surface area contributed by atoms with Crippen molar-refractivity contribution in [2.45, 2.75) is 70.3 Å². The van der Waals surface area contributed by atoms with E-state index in [1.807, 2.05) is 6.92 Å². The van der Waals surface area contributed by atoms with Crippen molar-refractivity contribution >= 4 is 5.78 Å². The average Bonchev–Trinajstić information content (AvgIpc) is 2.29. The van der Waals surface area contributed by atoms with Gasteiger partial charge in [-0.3, -0.25) is 4.79 Å². The van der Waals surface area contributed by atoms with Gasteiger partial charge >= 0.3 is 0 Å². The first kappa shape index (κ1) is 12.8. The van der Waals surface area contributed by atoms with E-state index in [1.54, 1.807) is 0 Å². The Morgan fingerprint density at radius 1 is 1.18 bits per heavy atom. The first-order valence-corrected chi connectivity index (χ1v) is 7.10. The molecule has 0 aromatic rings. The molecule has 96 valence electrons. The van der Waals surface area contributed by atoms with Crippen LogP contribution in [-0.4, -0.2) is 18.0 Å². The number of carbonyl (C=O) groups excluding carboxylic acids is 1. The molecule has 0 saturated carbocycles. The molecule has 17 heavy (non-hydrogen) atoms. The number of rotatable bonds is 2. The Kier molecular flexibility index (Phi) is 4.38. The number of ketones is 1. The number of hydrogen-bond donors (Lipinski definition) is 0. The van der Waals surface area contributed by atoms with Crippen LogP contribution in [0.1, 0.15) is 64.7 Å². The first-order valence-electron chi connectivity index (χ1n) is 7.10. The molecule has 1 fully saturated rings. The summed E-state index contributed by atoms with van der Waals surface area (Å²) in [6.07, 6.45) is 12.3. The van der Waals surface area contributed by atoms with Crippen LogP contribution in [0.25, 0.3) is 0 Å². The largest absolute Gasteiger partial charge is 0.367 e. The fourth-order valence-corrected chi connectivity index (χ4v) is 2.85. The van der Waals surface area contributed by atoms with Crippen molar-refractivity contribution in [1.82, 2.24) is 0 Å². The maximum Gasteiger partial charge on any atom is 0.189 e. The van der Waals surface area contributed by atoms with E-state index in [-0.39, 0.29) is 5.78 Å². The van der Waals surface area contributed by atoms with E-state index in [9.17, 15) is 4.79 Å². The summed E-state index contributed by atoms with van der Waals surface area (Å²) in [5.74, 6) is 0.263. The minimum atomic E-state index is -0.525. The third-order valence-corrected chi connectivity index (χ3v) is 4.03. The normalized spacial score (nSPS) is 31.2. The van der Waals surface area contributed by atoms with Crippen LogP contribution in [0.3, 0.4) is 0 Å². The van der Waals surface area contributed by atoms with Crippen molar-refractivity contribution in [2.24, 2.45) is 0 Å². The monoisotopic (exact) mass is 236 g/mol. The Balaban J connectivity index is 2.06. The highest BCUT2D eigenvalue weighted by Crippen LogP contribution is 2.30. The van der Waals surface area contributed by atoms with Gasteiger partial charge in [-0.25, -0.2) is 0 Å². The summed E-state index contributed by atoms with van der Waals surface area (Å²) in [4.78, 5) is 12.5. The maximum atomic E-state index is 12.5. The molecule has 0 aromatic carbocycles. The van der Waals surface area contributed by atoms with Crippen LogP contribution in [0.5, 0.6) is 0 Å². The van der Waals surface area contributed by atoms with Gasteiger partial charge in [-0.2, -0.15) is 0 Å². The highest BCUT2D eigenvalue weighted by molar-refractivity contribution is 6.01. The van der Waals surface area contributed by atoms with Gasteiger partial charge in [0.15, 0.2) is 5.78 Å². The van der Waals surface area contributed by atoms with Crippen LogP contribution in [-0.2, 0) is 9.53 Å². The number of carbonyl (C=O) groups is 1. The van der Waals surface area contributed by atoms with Crippen LogP contribution >= 0.6 is 0 Å². The number of allylic oxidation sites excluding steroid dienone is 1. The lowest BCUT2D eigenvalue weighted by atomic mass is 9.84. The molecule has 0 aromatic heterocycles. The molecule has 1 saturated heterocycles. The zero-order chi connectivity index (χ0) is 12.1. The number of Topliss-reactive ketones (excluding diaryl/α,β-unsaturated/α-hetero) is 1. The Morgan fingerprint density at radius 2 is 2.00 bits per heavy atom. The fourth-order valence-electron chi connectivity index (χ4n) is 2.85. The molecule has 1 atom stereocenters. The SMILES string of the molecule is CC1(C(=O)C2=CCCCCCC2)CCCCO1. The smallest absolute Gasteiger partial charge is 0.189 e. The Bertz CT molecular complexity index is 298. The Morgan fingerprint density at radius 3 is 2.76 bits per heavy atom. The van der Waals surface area contributed by atoms with E-state index in [2.05, 4.69) is 6.08 Å². The molecular weight excluding hydrogens is 212 g/mol. The van der Waals surface area contributed by atoms with Gasteiger partial charge in [0.1, 0.15) is 5.60 Å². The molecule has 1 unspecified atom stereocenters. The third-order valence-electron chi connectivity index (χ3n) is 4.03. The topological polar surface area (TPSA) is 26.3 Å². The highest BCUT2D eigenvalue weighted by Gasteiger charge is 2.37. The van der Waals surface area contributed by atoms with Crippen molar-refractivity contribution in [3.8, 4) is 0 Å². The van der Waals surface area contributed by atoms with Crippen LogP contribution < -0.4 is 0 Å². The molecule has 1 aliphatic carbocycles. The van der Waals surface area contributed by atoms with Gasteiger partial charge in [0.25, 0.3) is 0 Å². The van der Waals surface area contributed by atoms with Gasteiger partial charge in [-0.1, -0.05) is 18.9 Å². The third kappa shape index (κ3) is 3.19. The van der Waals surface area contributed by atoms with E-state index >= 15 is 0 Å². The molecule has 1 heterocycles. The fraction of sp³-hybridized carbons (Fsp3) is 0.800. The molecule has 0 amide bonds. The van der Waals surface area contributed by atoms with Crippen molar-refractivity contribution in [3.63, 3.8) is 0 Å². The molecule has 1 aliphatic heterocycles. The van der Waals surface area contributed by atoms with Gasteiger partial charge in [0.2, 0.25) is 0 Å². The van der Waals surface area contributed by atoms with E-state index < -0.39 is 5.60 Å². The number of hydrogen-bond acceptors (Lipinski definition) is 2. The van der Waals surface area contributed by atoms with Crippen LogP contribution in [0.2, 0.25) is 0 Å². The summed E-state index contributed by atoms with van der Waals surface area (Å²) >= 11 is 0. The summed E-state index contributed by atoms with van der Waals surface area (Å²) in [6, 6.07) is 0. The first-order chi connectivity index (χ1) is 8.22. The van der Waals surface area contributed by atoms with Crippen molar-refractivity contribution in [2.75, 3.05) is 6.61 Å². The summed E-state index contributed by atoms with van der Waals surface area (Å²) in [7, 11) is 0. The van der Waals surface area contributed by atoms with Crippen LogP contribution in [0, 0.1) is 0 Å². The van der Waals surface area contributed by atoms with Gasteiger partial charge in [0, 0.05) is 6.61 Å². The molecule has 2 rings (SSSR count). The standard InChI is InChI=1S/C15H24O2/c1-15(11-7-8-12-17-15)14(16)13-9-5-3-2-4-6-10-13/h9H,2-8,10-12H2,1H3. The highest BCUT2D eigenvalue weighted by atomic mass is 16.5. The molecule has 2 aliphatic rings. The summed E-state index contributed by atoms with van der Waals surface area (Å²) < 4.78 is 5.76. The molecule has 2 nitrogen and oxygen atoms in total. The second-order valence-corrected chi connectivity index (χ2v) is 5.55. The average molecular weight is 236 g/mol. The summed E-state index contributed by atoms with van der Waals surface area (Å²) in [5.41, 5.74) is 0.512. The molecule has 0 spiro atoms. The predicted octanol–water partition coefficient (Wildman–Crippen LogP) is 3.80. The predicted molar refractivity (Wildman–Crippen MR) is 69.0 cm³/mol. The van der Waals surface area contributed by atoms with Crippen molar-refractivity contribution in [1.29, 1.82) is 0 Å². The molecule has 0 N–H and O–H groups in total. The van der Waals surface area contributed by atoms with Crippen LogP contribution in [0.4, 0.5) is 0 Å². The van der Waals surface area contributed by atoms with Crippen molar-refractivity contribution in [3.05, 3.63) is 11.6 Å². The zero-order valence-electron chi connectivity index (χ0n) is 11.0. The number of ether oxygens (including phenoxy) is 1. The van der Waals surface area contributed by atoms with E-state index in [1.165, 1.54) is 19.3 Å². The van der Waals surface area contributed by atoms with Crippen LogP contribution in [0.15, 0.2) is 11.6 Å². The molecular formula is C15H24O2. The van der Waals surface area contributed by atoms with Gasteiger partial charge in [-0.05, 0) is 57.4 Å². The van der Waals surface area contributed by atoms with E-state index in [4.69, 9.17) is 4.74 Å². The minimum absolute atomic E-state index is 0.263. The summed E-state index contributed by atoms with van der Waals surface area (Å²) in [6.45, 7) is 2.73. The van der Waals surface area contributed by atoms with E-state index in [0.717, 1.165) is 50.7 Å². The van der Waals surface area contributed by atoms with Gasteiger partial charge < -0.3 is 4.74 Å². The zero-order valence-corrected chi connectivity index (χ0v) is 11.0. The Labute approximate surface area is 104 Å². The lowest BCUT2D eigenvalue weighted by molar-refractivity contribution is -0.144. The lowest BCUT2D eigenvalue weighted by Crippen LogP contribution is -2.42. The molecule has 0 bridgehead atoms. The van der Waals surface area contributed by atoms with Gasteiger partial charge in [-0.15, -0.1) is 0 Å². The lowest BCUT2D eigenvalue weighted by Gasteiger charge is -2.33. The maximum absolute atomic E-state index is 12.5. The van der Waals surface area contributed by atoms with Gasteiger partial charge in [0.05, 0.1) is 0 Å². The van der Waals surface area contributed by atoms with E-state index in [0.29, 0.717) is 0 Å². The Hall–Kier alpha value is -0.630. The molecule has 2 heteroatoms. The summed E-state index contributed by atoms with van der Waals surface area (Å²) in [5, 5.41) is 0. The quantitative estimate of drug-likeness (QED) is 0.729. The van der Waals surface area contributed by atoms with Crippen molar-refractivity contribution < 1.29 is 9.53 Å².